The standard InChI is InChI=1S/C18H23Br2NO/c1-22-17-15(19)5-14(6-16(17)20)10-21-18-7-11-2-12(8-18)4-13(3-11)9-18/h5-6,11-13,21H,2-4,7-10H2,1H3. The maximum atomic E-state index is 5.40. The van der Waals surface area contributed by atoms with Crippen molar-refractivity contribution in [3.8, 4) is 5.75 Å². The Kier molecular flexibility index (Phi) is 4.07. The van der Waals surface area contributed by atoms with Crippen LogP contribution in [0, 0.1) is 17.8 Å². The van der Waals surface area contributed by atoms with Gasteiger partial charge in [-0.25, -0.2) is 0 Å². The summed E-state index contributed by atoms with van der Waals surface area (Å²) >= 11 is 7.22. The number of hydrogen-bond acceptors (Lipinski definition) is 2. The molecular weight excluding hydrogens is 406 g/mol. The number of halogens is 2. The van der Waals surface area contributed by atoms with Crippen molar-refractivity contribution in [1.29, 1.82) is 0 Å². The monoisotopic (exact) mass is 427 g/mol. The van der Waals surface area contributed by atoms with Gasteiger partial charge in [-0.2, -0.15) is 0 Å². The molecule has 0 spiro atoms. The Labute approximate surface area is 149 Å². The molecule has 0 amide bonds. The van der Waals surface area contributed by atoms with Gasteiger partial charge in [0, 0.05) is 12.1 Å². The molecule has 2 nitrogen and oxygen atoms in total. The second-order valence-corrected chi connectivity index (χ2v) is 9.35. The van der Waals surface area contributed by atoms with Crippen molar-refractivity contribution in [2.24, 2.45) is 17.8 Å². The van der Waals surface area contributed by atoms with Crippen LogP contribution in [0.15, 0.2) is 21.1 Å². The highest BCUT2D eigenvalue weighted by Gasteiger charge is 2.50. The smallest absolute Gasteiger partial charge is 0.147 e. The molecule has 120 valence electrons. The predicted molar refractivity (Wildman–Crippen MR) is 96.1 cm³/mol. The zero-order chi connectivity index (χ0) is 15.3. The normalized spacial score (nSPS) is 35.9. The van der Waals surface area contributed by atoms with Crippen molar-refractivity contribution in [1.82, 2.24) is 5.32 Å². The molecule has 0 radical (unpaired) electrons. The number of methoxy groups -OCH3 is 1. The number of nitrogens with one attached hydrogen (secondary N) is 1. The van der Waals surface area contributed by atoms with Crippen LogP contribution in [0.25, 0.3) is 0 Å². The molecule has 4 aliphatic carbocycles. The zero-order valence-corrected chi connectivity index (χ0v) is 16.2. The Balaban J connectivity index is 1.49. The number of benzene rings is 1. The summed E-state index contributed by atoms with van der Waals surface area (Å²) in [6, 6.07) is 4.36. The van der Waals surface area contributed by atoms with Crippen LogP contribution < -0.4 is 10.1 Å². The molecular formula is C18H23Br2NO. The Morgan fingerprint density at radius 1 is 1.05 bits per heavy atom. The summed E-state index contributed by atoms with van der Waals surface area (Å²) in [7, 11) is 1.71. The molecule has 0 unspecified atom stereocenters. The lowest BCUT2D eigenvalue weighted by molar-refractivity contribution is -0.0206. The highest BCUT2D eigenvalue weighted by atomic mass is 79.9. The minimum atomic E-state index is 0.424. The average Bonchev–Trinajstić information content (AvgIpc) is 2.43. The summed E-state index contributed by atoms with van der Waals surface area (Å²) in [5, 5.41) is 3.95. The molecule has 0 heterocycles. The highest BCUT2D eigenvalue weighted by Crippen LogP contribution is 2.55. The maximum absolute atomic E-state index is 5.40. The summed E-state index contributed by atoms with van der Waals surface area (Å²) in [6.45, 7) is 0.952. The first-order chi connectivity index (χ1) is 10.6. The van der Waals surface area contributed by atoms with Gasteiger partial charge in [-0.05, 0) is 106 Å². The van der Waals surface area contributed by atoms with Gasteiger partial charge in [0.1, 0.15) is 5.75 Å². The van der Waals surface area contributed by atoms with Gasteiger partial charge in [-0.15, -0.1) is 0 Å². The molecule has 1 aromatic rings. The second kappa shape index (κ2) is 5.78. The molecule has 0 aromatic heterocycles. The molecule has 0 atom stereocenters. The summed E-state index contributed by atoms with van der Waals surface area (Å²) in [6.07, 6.45) is 8.70. The van der Waals surface area contributed by atoms with E-state index >= 15 is 0 Å². The fourth-order valence-electron chi connectivity index (χ4n) is 5.53. The van der Waals surface area contributed by atoms with Gasteiger partial charge < -0.3 is 10.1 Å². The molecule has 22 heavy (non-hydrogen) atoms. The van der Waals surface area contributed by atoms with E-state index in [1.165, 1.54) is 44.1 Å². The van der Waals surface area contributed by atoms with E-state index in [9.17, 15) is 0 Å². The van der Waals surface area contributed by atoms with Gasteiger partial charge in [0.25, 0.3) is 0 Å². The van der Waals surface area contributed by atoms with Crippen LogP contribution >= 0.6 is 31.9 Å². The van der Waals surface area contributed by atoms with Crippen molar-refractivity contribution < 1.29 is 4.74 Å². The number of hydrogen-bond donors (Lipinski definition) is 1. The van der Waals surface area contributed by atoms with Gasteiger partial charge in [0.05, 0.1) is 16.1 Å². The molecule has 0 saturated heterocycles. The van der Waals surface area contributed by atoms with Crippen molar-refractivity contribution in [2.75, 3.05) is 7.11 Å². The average molecular weight is 429 g/mol. The Bertz CT molecular complexity index is 528. The number of ether oxygens (including phenoxy) is 1. The lowest BCUT2D eigenvalue weighted by Crippen LogP contribution is -2.58. The molecule has 5 rings (SSSR count). The first kappa shape index (κ1) is 15.5. The van der Waals surface area contributed by atoms with Gasteiger partial charge >= 0.3 is 0 Å². The van der Waals surface area contributed by atoms with Crippen molar-refractivity contribution >= 4 is 31.9 Å². The van der Waals surface area contributed by atoms with E-state index < -0.39 is 0 Å². The largest absolute Gasteiger partial charge is 0.494 e. The fourth-order valence-corrected chi connectivity index (χ4v) is 7.13. The van der Waals surface area contributed by atoms with Gasteiger partial charge in [0.15, 0.2) is 0 Å². The van der Waals surface area contributed by atoms with Crippen LogP contribution in [0.2, 0.25) is 0 Å². The highest BCUT2D eigenvalue weighted by molar-refractivity contribution is 9.11. The molecule has 4 bridgehead atoms. The van der Waals surface area contributed by atoms with E-state index in [0.717, 1.165) is 39.0 Å². The van der Waals surface area contributed by atoms with Crippen LogP contribution in [0.5, 0.6) is 5.75 Å². The molecule has 1 aromatic carbocycles. The van der Waals surface area contributed by atoms with Crippen LogP contribution in [-0.4, -0.2) is 12.6 Å². The first-order valence-electron chi connectivity index (χ1n) is 8.34. The molecule has 4 fully saturated rings. The molecule has 4 aliphatic rings. The lowest BCUT2D eigenvalue weighted by atomic mass is 9.53. The van der Waals surface area contributed by atoms with E-state index in [4.69, 9.17) is 4.74 Å². The van der Waals surface area contributed by atoms with Gasteiger partial charge in [-0.1, -0.05) is 0 Å². The predicted octanol–water partition coefficient (Wildman–Crippen LogP) is 5.28. The van der Waals surface area contributed by atoms with Crippen LogP contribution in [0.4, 0.5) is 0 Å². The van der Waals surface area contributed by atoms with Gasteiger partial charge in [-0.3, -0.25) is 0 Å². The minimum Gasteiger partial charge on any atom is -0.494 e. The zero-order valence-electron chi connectivity index (χ0n) is 13.0. The summed E-state index contributed by atoms with van der Waals surface area (Å²) in [4.78, 5) is 0. The second-order valence-electron chi connectivity index (χ2n) is 7.64. The summed E-state index contributed by atoms with van der Waals surface area (Å²) in [5.41, 5.74) is 1.74. The fraction of sp³-hybridized carbons (Fsp3) is 0.667. The van der Waals surface area contributed by atoms with Crippen LogP contribution in [-0.2, 0) is 6.54 Å². The van der Waals surface area contributed by atoms with E-state index in [2.05, 4.69) is 49.3 Å². The topological polar surface area (TPSA) is 21.3 Å². The van der Waals surface area contributed by atoms with Crippen molar-refractivity contribution in [3.05, 3.63) is 26.6 Å². The van der Waals surface area contributed by atoms with E-state index in [0.29, 0.717) is 5.54 Å². The van der Waals surface area contributed by atoms with E-state index in [1.54, 1.807) is 7.11 Å². The maximum Gasteiger partial charge on any atom is 0.147 e. The Morgan fingerprint density at radius 3 is 2.00 bits per heavy atom. The third-order valence-corrected chi connectivity index (χ3v) is 7.15. The molecule has 0 aliphatic heterocycles. The third-order valence-electron chi connectivity index (χ3n) is 5.97. The molecule has 1 N–H and O–H groups in total. The number of rotatable bonds is 4. The third kappa shape index (κ3) is 2.76. The first-order valence-corrected chi connectivity index (χ1v) is 9.92. The Hall–Kier alpha value is -0.0600. The van der Waals surface area contributed by atoms with Crippen molar-refractivity contribution in [2.45, 2.75) is 50.6 Å². The quantitative estimate of drug-likeness (QED) is 0.704. The van der Waals surface area contributed by atoms with Crippen LogP contribution in [0.1, 0.15) is 44.1 Å². The van der Waals surface area contributed by atoms with Crippen LogP contribution in [0.3, 0.4) is 0 Å². The molecule has 4 saturated carbocycles. The van der Waals surface area contributed by atoms with Gasteiger partial charge in [0.2, 0.25) is 0 Å². The van der Waals surface area contributed by atoms with Crippen molar-refractivity contribution in [3.63, 3.8) is 0 Å². The lowest BCUT2D eigenvalue weighted by Gasteiger charge is -2.57. The molecule has 4 heteroatoms. The SMILES string of the molecule is COc1c(Br)cc(CNC23CC4CC(CC(C4)C2)C3)cc1Br. The minimum absolute atomic E-state index is 0.424. The van der Waals surface area contributed by atoms with E-state index in [1.807, 2.05) is 0 Å². The summed E-state index contributed by atoms with van der Waals surface area (Å²) < 4.78 is 7.44. The Morgan fingerprint density at radius 2 is 1.55 bits per heavy atom. The van der Waals surface area contributed by atoms with E-state index in [-0.39, 0.29) is 0 Å². The summed E-state index contributed by atoms with van der Waals surface area (Å²) in [5.74, 6) is 3.85.